The Labute approximate surface area is 195 Å². The third-order valence-electron chi connectivity index (χ3n) is 6.67. The van der Waals surface area contributed by atoms with Crippen molar-refractivity contribution in [2.45, 2.75) is 66.1 Å². The fraction of sp³-hybridized carbons (Fsp3) is 0.538. The first-order valence-electron chi connectivity index (χ1n) is 11.6. The van der Waals surface area contributed by atoms with Crippen molar-refractivity contribution in [2.24, 2.45) is 11.3 Å². The van der Waals surface area contributed by atoms with Crippen molar-refractivity contribution in [3.8, 4) is 0 Å². The molecule has 1 aliphatic carbocycles. The van der Waals surface area contributed by atoms with E-state index in [0.717, 1.165) is 24.8 Å². The zero-order valence-electron chi connectivity index (χ0n) is 19.7. The number of amides is 2. The summed E-state index contributed by atoms with van der Waals surface area (Å²) in [4.78, 5) is 29.9. The normalized spacial score (nSPS) is 23.5. The Balaban J connectivity index is 1.69. The Morgan fingerprint density at radius 3 is 2.38 bits per heavy atom. The average Bonchev–Trinajstić information content (AvgIpc) is 3.09. The molecule has 1 aromatic heterocycles. The molecule has 172 valence electrons. The first-order valence-corrected chi connectivity index (χ1v) is 12.4. The molecular formula is C26H34N2O3S. The second-order valence-electron chi connectivity index (χ2n) is 10.3. The van der Waals surface area contributed by atoms with Gasteiger partial charge in [0.15, 0.2) is 0 Å². The fourth-order valence-corrected chi connectivity index (χ4v) is 6.22. The molecule has 4 rings (SSSR count). The summed E-state index contributed by atoms with van der Waals surface area (Å²) in [6.45, 7) is 12.0. The van der Waals surface area contributed by atoms with Gasteiger partial charge in [-0.3, -0.25) is 9.59 Å². The highest BCUT2D eigenvalue weighted by molar-refractivity contribution is 7.17. The molecule has 0 radical (unpaired) electrons. The van der Waals surface area contributed by atoms with Gasteiger partial charge in [-0.15, -0.1) is 11.3 Å². The third kappa shape index (κ3) is 4.76. The summed E-state index contributed by atoms with van der Waals surface area (Å²) in [5.41, 5.74) is 2.64. The lowest BCUT2D eigenvalue weighted by Gasteiger charge is -2.36. The van der Waals surface area contributed by atoms with Crippen molar-refractivity contribution in [3.63, 3.8) is 0 Å². The molecule has 2 aliphatic rings. The van der Waals surface area contributed by atoms with Crippen LogP contribution in [-0.2, 0) is 17.6 Å². The van der Waals surface area contributed by atoms with E-state index in [4.69, 9.17) is 4.74 Å². The number of carbonyl (C=O) groups is 2. The van der Waals surface area contributed by atoms with E-state index in [9.17, 15) is 9.59 Å². The maximum absolute atomic E-state index is 13.8. The summed E-state index contributed by atoms with van der Waals surface area (Å²) in [5.74, 6) is 0.411. The summed E-state index contributed by atoms with van der Waals surface area (Å²) in [6, 6.07) is 9.19. The Morgan fingerprint density at radius 1 is 1.09 bits per heavy atom. The van der Waals surface area contributed by atoms with Gasteiger partial charge in [-0.2, -0.15) is 0 Å². The van der Waals surface area contributed by atoms with Crippen molar-refractivity contribution >= 4 is 28.2 Å². The molecule has 0 bridgehead atoms. The summed E-state index contributed by atoms with van der Waals surface area (Å²) < 4.78 is 5.84. The highest BCUT2D eigenvalue weighted by atomic mass is 32.1. The van der Waals surface area contributed by atoms with Crippen molar-refractivity contribution < 1.29 is 14.3 Å². The number of ether oxygens (including phenoxy) is 1. The highest BCUT2D eigenvalue weighted by Gasteiger charge is 2.36. The number of benzene rings is 1. The Bertz CT molecular complexity index is 982. The van der Waals surface area contributed by atoms with Crippen LogP contribution in [0, 0.1) is 11.3 Å². The smallest absolute Gasteiger partial charge is 0.257 e. The van der Waals surface area contributed by atoms with Gasteiger partial charge in [-0.25, -0.2) is 0 Å². The van der Waals surface area contributed by atoms with Crippen molar-refractivity contribution in [1.29, 1.82) is 0 Å². The lowest BCUT2D eigenvalue weighted by Crippen LogP contribution is -2.48. The van der Waals surface area contributed by atoms with Gasteiger partial charge in [-0.05, 0) is 62.1 Å². The van der Waals surface area contributed by atoms with Crippen molar-refractivity contribution in [2.75, 3.05) is 18.4 Å². The van der Waals surface area contributed by atoms with Crippen LogP contribution in [0.1, 0.15) is 72.2 Å². The van der Waals surface area contributed by atoms with Gasteiger partial charge in [-0.1, -0.05) is 39.0 Å². The molecule has 6 heteroatoms. The van der Waals surface area contributed by atoms with E-state index in [0.29, 0.717) is 35.1 Å². The minimum Gasteiger partial charge on any atom is -0.372 e. The molecule has 3 unspecified atom stereocenters. The van der Waals surface area contributed by atoms with Crippen LogP contribution < -0.4 is 5.32 Å². The van der Waals surface area contributed by atoms with Gasteiger partial charge < -0.3 is 15.0 Å². The molecule has 0 spiro atoms. The number of nitrogens with one attached hydrogen (secondary N) is 1. The highest BCUT2D eigenvalue weighted by Crippen LogP contribution is 2.45. The van der Waals surface area contributed by atoms with Crippen molar-refractivity contribution in [3.05, 3.63) is 51.9 Å². The molecule has 3 atom stereocenters. The standard InChI is InChI=1S/C26H34N2O3S/c1-16-14-28(15-17(2)31-16)25(30)22-20-12-11-19(26(3,4)5)13-21(20)32-24(22)27-23(29)18-9-7-6-8-10-18/h6-10,16-17,19H,11-15H2,1-5H3,(H,27,29). The number of rotatable bonds is 3. The number of nitrogens with zero attached hydrogens (tertiary/aromatic N) is 1. The molecule has 0 saturated carbocycles. The fourth-order valence-electron chi connectivity index (χ4n) is 4.91. The number of hydrogen-bond acceptors (Lipinski definition) is 4. The Kier molecular flexibility index (Phi) is 6.46. The minimum absolute atomic E-state index is 0.00444. The molecule has 1 N–H and O–H groups in total. The van der Waals surface area contributed by atoms with Crippen LogP contribution in [0.4, 0.5) is 5.00 Å². The van der Waals surface area contributed by atoms with E-state index < -0.39 is 0 Å². The summed E-state index contributed by atoms with van der Waals surface area (Å²) in [7, 11) is 0. The number of hydrogen-bond donors (Lipinski definition) is 1. The van der Waals surface area contributed by atoms with Crippen LogP contribution in [0.3, 0.4) is 0 Å². The Morgan fingerprint density at radius 2 is 1.75 bits per heavy atom. The molecular weight excluding hydrogens is 420 g/mol. The molecule has 1 fully saturated rings. The van der Waals surface area contributed by atoms with Crippen LogP contribution in [-0.4, -0.2) is 42.0 Å². The van der Waals surface area contributed by atoms with E-state index >= 15 is 0 Å². The summed E-state index contributed by atoms with van der Waals surface area (Å²) >= 11 is 1.59. The van der Waals surface area contributed by atoms with E-state index in [-0.39, 0.29) is 29.4 Å². The molecule has 1 saturated heterocycles. The van der Waals surface area contributed by atoms with Gasteiger partial charge >= 0.3 is 0 Å². The SMILES string of the molecule is CC1CN(C(=O)c2c(NC(=O)c3ccccc3)sc3c2CCC(C(C)(C)C)C3)CC(C)O1. The predicted molar refractivity (Wildman–Crippen MR) is 130 cm³/mol. The topological polar surface area (TPSA) is 58.6 Å². The lowest BCUT2D eigenvalue weighted by molar-refractivity contribution is -0.0586. The summed E-state index contributed by atoms with van der Waals surface area (Å²) in [6.07, 6.45) is 2.91. The molecule has 32 heavy (non-hydrogen) atoms. The second kappa shape index (κ2) is 8.99. The van der Waals surface area contributed by atoms with Crippen LogP contribution >= 0.6 is 11.3 Å². The van der Waals surface area contributed by atoms with Gasteiger partial charge in [0.2, 0.25) is 0 Å². The van der Waals surface area contributed by atoms with Crippen molar-refractivity contribution in [1.82, 2.24) is 4.90 Å². The number of carbonyl (C=O) groups excluding carboxylic acids is 2. The van der Waals surface area contributed by atoms with Gasteiger partial charge in [0.05, 0.1) is 17.8 Å². The number of fused-ring (bicyclic) bond motifs is 1. The number of thiophene rings is 1. The van der Waals surface area contributed by atoms with Crippen LogP contribution in [0.2, 0.25) is 0 Å². The zero-order valence-corrected chi connectivity index (χ0v) is 20.6. The molecule has 5 nitrogen and oxygen atoms in total. The first-order chi connectivity index (χ1) is 15.1. The van der Waals surface area contributed by atoms with Crippen LogP contribution in [0.5, 0.6) is 0 Å². The molecule has 1 aromatic carbocycles. The first kappa shape index (κ1) is 23.0. The lowest BCUT2D eigenvalue weighted by atomic mass is 9.72. The quantitative estimate of drug-likeness (QED) is 0.675. The number of morpholine rings is 1. The minimum atomic E-state index is -0.172. The van der Waals surface area contributed by atoms with E-state index in [1.165, 1.54) is 4.88 Å². The maximum Gasteiger partial charge on any atom is 0.257 e. The molecule has 2 heterocycles. The average molecular weight is 455 g/mol. The second-order valence-corrected chi connectivity index (χ2v) is 11.4. The van der Waals surface area contributed by atoms with E-state index in [2.05, 4.69) is 26.1 Å². The largest absolute Gasteiger partial charge is 0.372 e. The zero-order chi connectivity index (χ0) is 23.0. The van der Waals surface area contributed by atoms with Crippen LogP contribution in [0.25, 0.3) is 0 Å². The molecule has 1 aliphatic heterocycles. The van der Waals surface area contributed by atoms with Gasteiger partial charge in [0.25, 0.3) is 11.8 Å². The Hall–Kier alpha value is -2.18. The van der Waals surface area contributed by atoms with E-state index in [1.54, 1.807) is 23.5 Å². The molecule has 2 aromatic rings. The maximum atomic E-state index is 13.8. The predicted octanol–water partition coefficient (Wildman–Crippen LogP) is 5.40. The van der Waals surface area contributed by atoms with E-state index in [1.807, 2.05) is 36.9 Å². The van der Waals surface area contributed by atoms with Gasteiger partial charge in [0, 0.05) is 23.5 Å². The monoisotopic (exact) mass is 454 g/mol. The van der Waals surface area contributed by atoms with Gasteiger partial charge in [0.1, 0.15) is 5.00 Å². The number of anilines is 1. The van der Waals surface area contributed by atoms with Crippen LogP contribution in [0.15, 0.2) is 30.3 Å². The third-order valence-corrected chi connectivity index (χ3v) is 7.84. The molecule has 2 amide bonds. The summed E-state index contributed by atoms with van der Waals surface area (Å²) in [5, 5.41) is 3.77.